The molecule has 1 aliphatic rings. The lowest BCUT2D eigenvalue weighted by Gasteiger charge is -2.32. The summed E-state index contributed by atoms with van der Waals surface area (Å²) in [6.07, 6.45) is -2.89. The Kier molecular flexibility index (Phi) is 5.48. The van der Waals surface area contributed by atoms with Crippen molar-refractivity contribution in [2.24, 2.45) is 0 Å². The van der Waals surface area contributed by atoms with Crippen molar-refractivity contribution in [3.05, 3.63) is 28.2 Å². The minimum absolute atomic E-state index is 0.172. The van der Waals surface area contributed by atoms with E-state index in [9.17, 15) is 17.6 Å². The van der Waals surface area contributed by atoms with Crippen molar-refractivity contribution in [1.82, 2.24) is 4.90 Å². The summed E-state index contributed by atoms with van der Waals surface area (Å²) in [6, 6.07) is 5.09. The van der Waals surface area contributed by atoms with Crippen molar-refractivity contribution in [2.75, 3.05) is 19.7 Å². The molecule has 7 heteroatoms. The van der Waals surface area contributed by atoms with Crippen LogP contribution >= 0.6 is 15.9 Å². The quantitative estimate of drug-likeness (QED) is 0.716. The van der Waals surface area contributed by atoms with Crippen molar-refractivity contribution in [1.29, 1.82) is 0 Å². The van der Waals surface area contributed by atoms with Gasteiger partial charge < -0.3 is 4.74 Å². The molecule has 2 rings (SSSR count). The van der Waals surface area contributed by atoms with E-state index in [2.05, 4.69) is 15.9 Å². The Morgan fingerprint density at radius 1 is 1.24 bits per heavy atom. The molecule has 0 radical (unpaired) electrons. The fourth-order valence-corrected chi connectivity index (χ4v) is 2.65. The van der Waals surface area contributed by atoms with Crippen LogP contribution in [-0.2, 0) is 6.54 Å². The van der Waals surface area contributed by atoms with Gasteiger partial charge in [-0.2, -0.15) is 0 Å². The molecule has 0 spiro atoms. The molecule has 1 fully saturated rings. The maximum absolute atomic E-state index is 13.1. The van der Waals surface area contributed by atoms with Gasteiger partial charge in [-0.25, -0.2) is 17.6 Å². The highest BCUT2D eigenvalue weighted by atomic mass is 79.9. The average molecular weight is 370 g/mol. The van der Waals surface area contributed by atoms with Gasteiger partial charge in [-0.15, -0.1) is 0 Å². The Labute approximate surface area is 129 Å². The van der Waals surface area contributed by atoms with Gasteiger partial charge in [0, 0.05) is 42.5 Å². The van der Waals surface area contributed by atoms with E-state index < -0.39 is 19.0 Å². The number of alkyl halides is 4. The number of benzene rings is 1. The summed E-state index contributed by atoms with van der Waals surface area (Å²) in [5.41, 5.74) is 0.718. The number of nitrogens with zero attached hydrogens (tertiary/aromatic N) is 1. The topological polar surface area (TPSA) is 12.5 Å². The van der Waals surface area contributed by atoms with Gasteiger partial charge in [0.2, 0.25) is 0 Å². The molecular weight excluding hydrogens is 354 g/mol. The molecule has 1 saturated heterocycles. The normalized spacial score (nSPS) is 19.0. The van der Waals surface area contributed by atoms with Crippen molar-refractivity contribution in [2.45, 2.75) is 31.7 Å². The van der Waals surface area contributed by atoms with Crippen LogP contribution in [0.2, 0.25) is 0 Å². The zero-order valence-electron chi connectivity index (χ0n) is 11.3. The van der Waals surface area contributed by atoms with Crippen LogP contribution < -0.4 is 4.74 Å². The summed E-state index contributed by atoms with van der Waals surface area (Å²) in [7, 11) is 0. The van der Waals surface area contributed by atoms with Crippen LogP contribution in [0.3, 0.4) is 0 Å². The molecule has 1 aromatic carbocycles. The molecule has 1 aliphatic heterocycles. The third-order valence-corrected chi connectivity index (χ3v) is 3.86. The van der Waals surface area contributed by atoms with Gasteiger partial charge in [0.15, 0.2) is 0 Å². The van der Waals surface area contributed by atoms with Crippen LogP contribution in [0.1, 0.15) is 18.4 Å². The third kappa shape index (κ3) is 5.14. The summed E-state index contributed by atoms with van der Waals surface area (Å²) in [5, 5.41) is 0. The van der Waals surface area contributed by atoms with Crippen LogP contribution in [0.5, 0.6) is 5.75 Å². The van der Waals surface area contributed by atoms with E-state index in [1.807, 2.05) is 4.90 Å². The average Bonchev–Trinajstić information content (AvgIpc) is 2.40. The first kappa shape index (κ1) is 16.5. The zero-order valence-corrected chi connectivity index (χ0v) is 12.9. The van der Waals surface area contributed by atoms with Gasteiger partial charge in [-0.3, -0.25) is 4.90 Å². The Morgan fingerprint density at radius 2 is 1.90 bits per heavy atom. The van der Waals surface area contributed by atoms with Crippen molar-refractivity contribution in [3.8, 4) is 5.75 Å². The molecule has 21 heavy (non-hydrogen) atoms. The maximum Gasteiger partial charge on any atom is 0.272 e. The first-order valence-electron chi connectivity index (χ1n) is 6.65. The summed E-state index contributed by atoms with van der Waals surface area (Å²) in [6.45, 7) is 0.308. The molecule has 0 atom stereocenters. The molecule has 0 bridgehead atoms. The van der Waals surface area contributed by atoms with Crippen molar-refractivity contribution >= 4 is 15.9 Å². The Morgan fingerprint density at radius 3 is 2.52 bits per heavy atom. The van der Waals surface area contributed by atoms with Crippen LogP contribution in [0.25, 0.3) is 0 Å². The number of hydrogen-bond donors (Lipinski definition) is 0. The first-order valence-corrected chi connectivity index (χ1v) is 7.44. The SMILES string of the molecule is FC(F)COc1ccc(Br)cc1CN1CCC(F)(F)CC1. The van der Waals surface area contributed by atoms with E-state index in [0.29, 0.717) is 12.3 Å². The number of ether oxygens (including phenoxy) is 1. The van der Waals surface area contributed by atoms with E-state index in [0.717, 1.165) is 10.0 Å². The second-order valence-electron chi connectivity index (χ2n) is 5.09. The predicted octanol–water partition coefficient (Wildman–Crippen LogP) is 4.32. The van der Waals surface area contributed by atoms with E-state index in [-0.39, 0.29) is 25.9 Å². The Balaban J connectivity index is 2.02. The summed E-state index contributed by atoms with van der Waals surface area (Å²) in [4.78, 5) is 1.88. The molecule has 118 valence electrons. The van der Waals surface area contributed by atoms with Crippen LogP contribution in [-0.4, -0.2) is 36.9 Å². The Hall–Kier alpha value is -0.820. The number of piperidine rings is 1. The standard InChI is InChI=1S/C14H16BrF4NO/c15-11-1-2-12(21-9-13(16)17)10(7-11)8-20-5-3-14(18,19)4-6-20/h1-2,7,13H,3-6,8-9H2. The van der Waals surface area contributed by atoms with Gasteiger partial charge in [0.05, 0.1) is 0 Å². The Bertz CT molecular complexity index is 474. The highest BCUT2D eigenvalue weighted by Crippen LogP contribution is 2.30. The van der Waals surface area contributed by atoms with Crippen molar-refractivity contribution < 1.29 is 22.3 Å². The summed E-state index contributed by atoms with van der Waals surface area (Å²) >= 11 is 3.32. The third-order valence-electron chi connectivity index (χ3n) is 3.37. The van der Waals surface area contributed by atoms with Crippen LogP contribution in [0.15, 0.2) is 22.7 Å². The second-order valence-corrected chi connectivity index (χ2v) is 6.00. The number of likely N-dealkylation sites (tertiary alicyclic amines) is 1. The fraction of sp³-hybridized carbons (Fsp3) is 0.571. The summed E-state index contributed by atoms with van der Waals surface area (Å²) in [5.74, 6) is -2.22. The molecule has 0 aliphatic carbocycles. The van der Waals surface area contributed by atoms with Gasteiger partial charge in [0.1, 0.15) is 12.4 Å². The van der Waals surface area contributed by atoms with E-state index in [1.54, 1.807) is 18.2 Å². The van der Waals surface area contributed by atoms with Gasteiger partial charge in [-0.1, -0.05) is 15.9 Å². The number of rotatable bonds is 5. The minimum Gasteiger partial charge on any atom is -0.487 e. The number of halogens is 5. The lowest BCUT2D eigenvalue weighted by atomic mass is 10.1. The van der Waals surface area contributed by atoms with Gasteiger partial charge in [0.25, 0.3) is 12.3 Å². The predicted molar refractivity (Wildman–Crippen MR) is 75.1 cm³/mol. The second kappa shape index (κ2) is 6.96. The molecule has 0 N–H and O–H groups in total. The largest absolute Gasteiger partial charge is 0.487 e. The van der Waals surface area contributed by atoms with E-state index in [4.69, 9.17) is 4.74 Å². The zero-order chi connectivity index (χ0) is 15.5. The number of hydrogen-bond acceptors (Lipinski definition) is 2. The lowest BCUT2D eigenvalue weighted by Crippen LogP contribution is -2.38. The fourth-order valence-electron chi connectivity index (χ4n) is 2.24. The maximum atomic E-state index is 13.1. The van der Waals surface area contributed by atoms with Gasteiger partial charge in [-0.05, 0) is 18.2 Å². The summed E-state index contributed by atoms with van der Waals surface area (Å²) < 4.78 is 56.6. The van der Waals surface area contributed by atoms with Crippen molar-refractivity contribution in [3.63, 3.8) is 0 Å². The monoisotopic (exact) mass is 369 g/mol. The lowest BCUT2D eigenvalue weighted by molar-refractivity contribution is -0.0567. The molecule has 2 nitrogen and oxygen atoms in total. The van der Waals surface area contributed by atoms with Crippen LogP contribution in [0.4, 0.5) is 17.6 Å². The molecule has 1 aromatic rings. The molecule has 0 amide bonds. The van der Waals surface area contributed by atoms with E-state index >= 15 is 0 Å². The van der Waals surface area contributed by atoms with E-state index in [1.165, 1.54) is 0 Å². The molecule has 0 saturated carbocycles. The van der Waals surface area contributed by atoms with Gasteiger partial charge >= 0.3 is 0 Å². The molecule has 0 unspecified atom stereocenters. The minimum atomic E-state index is -2.59. The molecule has 1 heterocycles. The highest BCUT2D eigenvalue weighted by Gasteiger charge is 2.34. The first-order chi connectivity index (χ1) is 9.85. The smallest absolute Gasteiger partial charge is 0.272 e. The molecular formula is C14H16BrF4NO. The van der Waals surface area contributed by atoms with Crippen LogP contribution in [0, 0.1) is 0 Å². The highest BCUT2D eigenvalue weighted by molar-refractivity contribution is 9.10. The molecule has 0 aromatic heterocycles.